The molecule has 7 heteroatoms. The Labute approximate surface area is 157 Å². The van der Waals surface area contributed by atoms with Crippen molar-refractivity contribution in [3.8, 4) is 5.75 Å². The maximum Gasteiger partial charge on any atom is 0.328 e. The monoisotopic (exact) mass is 370 g/mol. The first-order chi connectivity index (χ1) is 12.9. The lowest BCUT2D eigenvalue weighted by Gasteiger charge is -2.18. The summed E-state index contributed by atoms with van der Waals surface area (Å²) < 4.78 is 10.1. The Morgan fingerprint density at radius 1 is 1.00 bits per heavy atom. The highest BCUT2D eigenvalue weighted by Gasteiger charge is 2.24. The number of rotatable bonds is 7. The van der Waals surface area contributed by atoms with Crippen molar-refractivity contribution in [3.05, 3.63) is 59.7 Å². The second-order valence-electron chi connectivity index (χ2n) is 5.82. The van der Waals surface area contributed by atoms with Crippen molar-refractivity contribution in [1.82, 2.24) is 5.32 Å². The molecule has 1 atom stereocenters. The SMILES string of the molecule is COC(=O)[C@H](Cc1ccccc1OC)NC(=O)c1ccc(NC(C)=O)cc1. The van der Waals surface area contributed by atoms with Gasteiger partial charge in [0.05, 0.1) is 14.2 Å². The third-order valence-electron chi connectivity index (χ3n) is 3.88. The Kier molecular flexibility index (Phi) is 6.93. The number of amides is 2. The van der Waals surface area contributed by atoms with E-state index in [1.54, 1.807) is 37.4 Å². The maximum absolute atomic E-state index is 12.5. The summed E-state index contributed by atoms with van der Waals surface area (Å²) in [5.74, 6) is -0.547. The van der Waals surface area contributed by atoms with Crippen LogP contribution in [0.3, 0.4) is 0 Å². The van der Waals surface area contributed by atoms with Crippen LogP contribution >= 0.6 is 0 Å². The molecular formula is C20H22N2O5. The van der Waals surface area contributed by atoms with Gasteiger partial charge in [-0.2, -0.15) is 0 Å². The van der Waals surface area contributed by atoms with Crippen molar-refractivity contribution in [2.45, 2.75) is 19.4 Å². The summed E-state index contributed by atoms with van der Waals surface area (Å²) in [7, 11) is 2.81. The van der Waals surface area contributed by atoms with Crippen molar-refractivity contribution in [2.75, 3.05) is 19.5 Å². The molecule has 0 spiro atoms. The molecule has 27 heavy (non-hydrogen) atoms. The number of ether oxygens (including phenoxy) is 2. The van der Waals surface area contributed by atoms with Gasteiger partial charge in [0.1, 0.15) is 11.8 Å². The summed E-state index contributed by atoms with van der Waals surface area (Å²) in [6, 6.07) is 12.8. The Hall–Kier alpha value is -3.35. The summed E-state index contributed by atoms with van der Waals surface area (Å²) in [6.07, 6.45) is 0.229. The van der Waals surface area contributed by atoms with Gasteiger partial charge in [0, 0.05) is 24.6 Å². The zero-order chi connectivity index (χ0) is 19.8. The van der Waals surface area contributed by atoms with Crippen LogP contribution < -0.4 is 15.4 Å². The van der Waals surface area contributed by atoms with Crippen LogP contribution in [0.2, 0.25) is 0 Å². The molecule has 0 aliphatic carbocycles. The van der Waals surface area contributed by atoms with Crippen molar-refractivity contribution < 1.29 is 23.9 Å². The summed E-state index contributed by atoms with van der Waals surface area (Å²) in [5, 5.41) is 5.31. The molecule has 0 saturated carbocycles. The van der Waals surface area contributed by atoms with E-state index in [4.69, 9.17) is 9.47 Å². The molecule has 0 bridgehead atoms. The van der Waals surface area contributed by atoms with Gasteiger partial charge in [-0.1, -0.05) is 18.2 Å². The molecule has 2 aromatic rings. The molecule has 0 unspecified atom stereocenters. The van der Waals surface area contributed by atoms with Crippen LogP contribution in [0.25, 0.3) is 0 Å². The smallest absolute Gasteiger partial charge is 0.328 e. The second-order valence-corrected chi connectivity index (χ2v) is 5.82. The van der Waals surface area contributed by atoms with Gasteiger partial charge in [-0.15, -0.1) is 0 Å². The van der Waals surface area contributed by atoms with E-state index in [2.05, 4.69) is 10.6 Å². The minimum absolute atomic E-state index is 0.199. The molecule has 0 aromatic heterocycles. The van der Waals surface area contributed by atoms with Gasteiger partial charge in [0.2, 0.25) is 5.91 Å². The average Bonchev–Trinajstić information content (AvgIpc) is 2.67. The lowest BCUT2D eigenvalue weighted by atomic mass is 10.0. The minimum Gasteiger partial charge on any atom is -0.496 e. The minimum atomic E-state index is -0.867. The molecule has 2 N–H and O–H groups in total. The lowest BCUT2D eigenvalue weighted by molar-refractivity contribution is -0.142. The van der Waals surface area contributed by atoms with Gasteiger partial charge < -0.3 is 20.1 Å². The van der Waals surface area contributed by atoms with E-state index in [1.165, 1.54) is 14.0 Å². The van der Waals surface area contributed by atoms with Crippen LogP contribution in [0, 0.1) is 0 Å². The molecule has 0 aliphatic rings. The van der Waals surface area contributed by atoms with E-state index in [-0.39, 0.29) is 12.3 Å². The number of para-hydroxylation sites is 1. The van der Waals surface area contributed by atoms with Gasteiger partial charge in [-0.25, -0.2) is 4.79 Å². The van der Waals surface area contributed by atoms with Crippen molar-refractivity contribution in [1.29, 1.82) is 0 Å². The number of benzene rings is 2. The highest BCUT2D eigenvalue weighted by molar-refractivity contribution is 5.97. The number of carbonyl (C=O) groups is 3. The molecule has 0 radical (unpaired) electrons. The zero-order valence-corrected chi connectivity index (χ0v) is 15.4. The molecule has 7 nitrogen and oxygen atoms in total. The van der Waals surface area contributed by atoms with Gasteiger partial charge in [-0.05, 0) is 35.9 Å². The van der Waals surface area contributed by atoms with E-state index in [9.17, 15) is 14.4 Å². The summed E-state index contributed by atoms with van der Waals surface area (Å²) in [6.45, 7) is 1.40. The Balaban J connectivity index is 2.14. The number of nitrogens with one attached hydrogen (secondary N) is 2. The van der Waals surface area contributed by atoms with Gasteiger partial charge in [-0.3, -0.25) is 9.59 Å². The molecular weight excluding hydrogens is 348 g/mol. The van der Waals surface area contributed by atoms with Crippen LogP contribution in [0.4, 0.5) is 5.69 Å². The lowest BCUT2D eigenvalue weighted by Crippen LogP contribution is -2.43. The predicted molar refractivity (Wildman–Crippen MR) is 101 cm³/mol. The predicted octanol–water partition coefficient (Wildman–Crippen LogP) is 2.17. The van der Waals surface area contributed by atoms with E-state index < -0.39 is 17.9 Å². The zero-order valence-electron chi connectivity index (χ0n) is 15.4. The maximum atomic E-state index is 12.5. The number of hydrogen-bond acceptors (Lipinski definition) is 5. The Bertz CT molecular complexity index is 817. The normalized spacial score (nSPS) is 11.2. The molecule has 0 aliphatic heterocycles. The fourth-order valence-corrected chi connectivity index (χ4v) is 2.58. The molecule has 142 valence electrons. The van der Waals surface area contributed by atoms with Crippen LogP contribution in [-0.4, -0.2) is 38.0 Å². The average molecular weight is 370 g/mol. The first kappa shape index (κ1) is 20.0. The standard InChI is InChI=1S/C20H22N2O5/c1-13(23)21-16-10-8-14(9-11-16)19(24)22-17(20(25)27-3)12-15-6-4-5-7-18(15)26-2/h4-11,17H,12H2,1-3H3,(H,21,23)(H,22,24)/t17-/m0/s1. The highest BCUT2D eigenvalue weighted by atomic mass is 16.5. The van der Waals surface area contributed by atoms with Crippen LogP contribution in [0.5, 0.6) is 5.75 Å². The van der Waals surface area contributed by atoms with E-state index in [1.807, 2.05) is 18.2 Å². The number of hydrogen-bond donors (Lipinski definition) is 2. The van der Waals surface area contributed by atoms with E-state index in [0.717, 1.165) is 5.56 Å². The third kappa shape index (κ3) is 5.57. The Morgan fingerprint density at radius 2 is 1.67 bits per heavy atom. The quantitative estimate of drug-likeness (QED) is 0.729. The highest BCUT2D eigenvalue weighted by Crippen LogP contribution is 2.19. The molecule has 2 rings (SSSR count). The fraction of sp³-hybridized carbons (Fsp3) is 0.250. The topological polar surface area (TPSA) is 93.7 Å². The Morgan fingerprint density at radius 3 is 2.26 bits per heavy atom. The first-order valence-corrected chi connectivity index (χ1v) is 8.32. The molecule has 0 heterocycles. The largest absolute Gasteiger partial charge is 0.496 e. The van der Waals surface area contributed by atoms with Crippen molar-refractivity contribution >= 4 is 23.5 Å². The number of methoxy groups -OCH3 is 2. The van der Waals surface area contributed by atoms with Gasteiger partial charge in [0.25, 0.3) is 5.91 Å². The van der Waals surface area contributed by atoms with Crippen LogP contribution in [-0.2, 0) is 20.7 Å². The second kappa shape index (κ2) is 9.38. The van der Waals surface area contributed by atoms with Crippen LogP contribution in [0.15, 0.2) is 48.5 Å². The molecule has 2 aromatic carbocycles. The fourth-order valence-electron chi connectivity index (χ4n) is 2.58. The number of anilines is 1. The summed E-state index contributed by atoms with van der Waals surface area (Å²) in [4.78, 5) is 35.7. The van der Waals surface area contributed by atoms with Gasteiger partial charge in [0.15, 0.2) is 0 Å². The first-order valence-electron chi connectivity index (χ1n) is 8.32. The molecule has 2 amide bonds. The molecule has 0 fully saturated rings. The summed E-state index contributed by atoms with van der Waals surface area (Å²) in [5.41, 5.74) is 1.72. The number of carbonyl (C=O) groups excluding carboxylic acids is 3. The van der Waals surface area contributed by atoms with E-state index >= 15 is 0 Å². The molecule has 0 saturated heterocycles. The van der Waals surface area contributed by atoms with Crippen LogP contribution in [0.1, 0.15) is 22.8 Å². The summed E-state index contributed by atoms with van der Waals surface area (Å²) >= 11 is 0. The number of esters is 1. The third-order valence-corrected chi connectivity index (χ3v) is 3.88. The van der Waals surface area contributed by atoms with Gasteiger partial charge >= 0.3 is 5.97 Å². The van der Waals surface area contributed by atoms with Crippen molar-refractivity contribution in [3.63, 3.8) is 0 Å². The van der Waals surface area contributed by atoms with Crippen molar-refractivity contribution in [2.24, 2.45) is 0 Å². The van der Waals surface area contributed by atoms with E-state index in [0.29, 0.717) is 17.0 Å².